The Morgan fingerprint density at radius 2 is 2.24 bits per heavy atom. The molecule has 94 valence electrons. The van der Waals surface area contributed by atoms with Crippen LogP contribution in [0.4, 0.5) is 5.82 Å². The molecule has 0 spiro atoms. The van der Waals surface area contributed by atoms with Crippen LogP contribution in [0, 0.1) is 0 Å². The molecule has 6 heteroatoms. The van der Waals surface area contributed by atoms with Crippen LogP contribution in [0.1, 0.15) is 19.8 Å². The first-order chi connectivity index (χ1) is 8.11. The molecule has 0 atom stereocenters. The third-order valence-corrected chi connectivity index (χ3v) is 4.92. The Balaban J connectivity index is 2.42. The second-order valence-corrected chi connectivity index (χ2v) is 5.90. The van der Waals surface area contributed by atoms with E-state index in [2.05, 4.69) is 10.3 Å². The quantitative estimate of drug-likeness (QED) is 0.861. The molecule has 1 fully saturated rings. The summed E-state index contributed by atoms with van der Waals surface area (Å²) < 4.78 is 26.5. The lowest BCUT2D eigenvalue weighted by atomic mass is 10.5. The van der Waals surface area contributed by atoms with E-state index in [-0.39, 0.29) is 10.9 Å². The number of nitrogens with one attached hydrogen (secondary N) is 1. The number of rotatable bonds is 5. The molecule has 1 aromatic heterocycles. The van der Waals surface area contributed by atoms with Crippen molar-refractivity contribution in [3.63, 3.8) is 0 Å². The van der Waals surface area contributed by atoms with Gasteiger partial charge in [-0.1, -0.05) is 6.92 Å². The maximum atomic E-state index is 12.5. The van der Waals surface area contributed by atoms with Gasteiger partial charge in [0.1, 0.15) is 10.7 Å². The number of nitrogens with zero attached hydrogens (tertiary/aromatic N) is 2. The van der Waals surface area contributed by atoms with Crippen molar-refractivity contribution < 1.29 is 8.42 Å². The van der Waals surface area contributed by atoms with Crippen LogP contribution >= 0.6 is 0 Å². The smallest absolute Gasteiger partial charge is 0.246 e. The summed E-state index contributed by atoms with van der Waals surface area (Å²) in [7, 11) is -1.75. The number of pyridine rings is 1. The van der Waals surface area contributed by atoms with Crippen LogP contribution in [0.15, 0.2) is 23.2 Å². The molecule has 0 saturated heterocycles. The number of hydrogen-bond acceptors (Lipinski definition) is 4. The van der Waals surface area contributed by atoms with E-state index in [1.165, 1.54) is 0 Å². The van der Waals surface area contributed by atoms with E-state index in [0.717, 1.165) is 12.8 Å². The highest BCUT2D eigenvalue weighted by atomic mass is 32.2. The van der Waals surface area contributed by atoms with E-state index in [1.807, 2.05) is 6.92 Å². The molecule has 0 aromatic carbocycles. The highest BCUT2D eigenvalue weighted by molar-refractivity contribution is 7.89. The molecule has 0 unspecified atom stereocenters. The van der Waals surface area contributed by atoms with Gasteiger partial charge in [0.2, 0.25) is 10.0 Å². The van der Waals surface area contributed by atoms with Crippen LogP contribution in [0.5, 0.6) is 0 Å². The summed E-state index contributed by atoms with van der Waals surface area (Å²) in [5, 5.41) is 2.82. The maximum absolute atomic E-state index is 12.5. The van der Waals surface area contributed by atoms with Gasteiger partial charge >= 0.3 is 0 Å². The molecule has 1 aromatic rings. The molecular weight excluding hydrogens is 238 g/mol. The summed E-state index contributed by atoms with van der Waals surface area (Å²) in [5.74, 6) is 0.409. The first-order valence-electron chi connectivity index (χ1n) is 5.76. The largest absolute Gasteiger partial charge is 0.372 e. The molecule has 0 radical (unpaired) electrons. The number of anilines is 1. The summed E-state index contributed by atoms with van der Waals surface area (Å²) in [6, 6.07) is 3.42. The monoisotopic (exact) mass is 255 g/mol. The standard InChI is InChI=1S/C11H17N3O2S/c1-3-14(9-6-7-9)17(15,16)10-5-4-8-13-11(10)12-2/h4-5,8-9H,3,6-7H2,1-2H3,(H,12,13). The molecule has 0 aliphatic heterocycles. The van der Waals surface area contributed by atoms with E-state index in [0.29, 0.717) is 12.4 Å². The third kappa shape index (κ3) is 2.28. The van der Waals surface area contributed by atoms with Gasteiger partial charge in [-0.15, -0.1) is 0 Å². The minimum atomic E-state index is -3.42. The summed E-state index contributed by atoms with van der Waals surface area (Å²) in [4.78, 5) is 4.30. The van der Waals surface area contributed by atoms with Crippen LogP contribution in [0.3, 0.4) is 0 Å². The Bertz CT molecular complexity index is 497. The van der Waals surface area contributed by atoms with Gasteiger partial charge in [-0.3, -0.25) is 0 Å². The molecule has 17 heavy (non-hydrogen) atoms. The fourth-order valence-corrected chi connectivity index (χ4v) is 3.75. The first kappa shape index (κ1) is 12.3. The molecule has 1 aliphatic carbocycles. The van der Waals surface area contributed by atoms with Crippen LogP contribution in [0.2, 0.25) is 0 Å². The fourth-order valence-electron chi connectivity index (χ4n) is 1.90. The van der Waals surface area contributed by atoms with Crippen molar-refractivity contribution in [2.75, 3.05) is 18.9 Å². The van der Waals surface area contributed by atoms with Gasteiger partial charge in [0, 0.05) is 25.8 Å². The van der Waals surface area contributed by atoms with E-state index >= 15 is 0 Å². The Hall–Kier alpha value is -1.14. The van der Waals surface area contributed by atoms with Crippen molar-refractivity contribution in [1.82, 2.24) is 9.29 Å². The van der Waals surface area contributed by atoms with Crippen molar-refractivity contribution in [3.05, 3.63) is 18.3 Å². The molecule has 1 N–H and O–H groups in total. The second-order valence-electron chi connectivity index (χ2n) is 4.04. The van der Waals surface area contributed by atoms with Gasteiger partial charge in [0.25, 0.3) is 0 Å². The minimum absolute atomic E-state index is 0.176. The van der Waals surface area contributed by atoms with E-state index in [1.54, 1.807) is 29.7 Å². The Labute approximate surface area is 102 Å². The fraction of sp³-hybridized carbons (Fsp3) is 0.545. The summed E-state index contributed by atoms with van der Waals surface area (Å²) >= 11 is 0. The molecule has 1 saturated carbocycles. The lowest BCUT2D eigenvalue weighted by Crippen LogP contribution is -2.33. The second kappa shape index (κ2) is 4.62. The van der Waals surface area contributed by atoms with E-state index in [9.17, 15) is 8.42 Å². The van der Waals surface area contributed by atoms with Crippen molar-refractivity contribution in [3.8, 4) is 0 Å². The molecule has 1 aliphatic rings. The Morgan fingerprint density at radius 3 is 2.76 bits per heavy atom. The average Bonchev–Trinajstić information content (AvgIpc) is 3.14. The summed E-state index contributed by atoms with van der Waals surface area (Å²) in [5.41, 5.74) is 0. The van der Waals surface area contributed by atoms with Crippen LogP contribution in [-0.2, 0) is 10.0 Å². The minimum Gasteiger partial charge on any atom is -0.372 e. The average molecular weight is 255 g/mol. The maximum Gasteiger partial charge on any atom is 0.246 e. The Kier molecular flexibility index (Phi) is 3.35. The lowest BCUT2D eigenvalue weighted by Gasteiger charge is -2.21. The molecular formula is C11H17N3O2S. The van der Waals surface area contributed by atoms with Gasteiger partial charge in [-0.05, 0) is 25.0 Å². The molecule has 2 rings (SSSR count). The lowest BCUT2D eigenvalue weighted by molar-refractivity contribution is 0.421. The highest BCUT2D eigenvalue weighted by Gasteiger charge is 2.37. The SMILES string of the molecule is CCN(C1CC1)S(=O)(=O)c1cccnc1NC. The molecule has 1 heterocycles. The van der Waals surface area contributed by atoms with Crippen LogP contribution < -0.4 is 5.32 Å². The van der Waals surface area contributed by atoms with Crippen molar-refractivity contribution in [2.45, 2.75) is 30.7 Å². The predicted octanol–water partition coefficient (Wildman–Crippen LogP) is 1.30. The molecule has 0 amide bonds. The predicted molar refractivity (Wildman–Crippen MR) is 66.4 cm³/mol. The zero-order valence-corrected chi connectivity index (χ0v) is 10.9. The van der Waals surface area contributed by atoms with E-state index < -0.39 is 10.0 Å². The number of hydrogen-bond donors (Lipinski definition) is 1. The number of sulfonamides is 1. The summed E-state index contributed by atoms with van der Waals surface area (Å²) in [6.45, 7) is 2.37. The Morgan fingerprint density at radius 1 is 1.53 bits per heavy atom. The zero-order valence-electron chi connectivity index (χ0n) is 10.0. The van der Waals surface area contributed by atoms with E-state index in [4.69, 9.17) is 0 Å². The summed E-state index contributed by atoms with van der Waals surface area (Å²) in [6.07, 6.45) is 3.50. The van der Waals surface area contributed by atoms with Crippen LogP contribution in [-0.4, -0.2) is 37.3 Å². The van der Waals surface area contributed by atoms with Crippen molar-refractivity contribution >= 4 is 15.8 Å². The van der Waals surface area contributed by atoms with Crippen molar-refractivity contribution in [1.29, 1.82) is 0 Å². The number of aromatic nitrogens is 1. The first-order valence-corrected chi connectivity index (χ1v) is 7.20. The zero-order chi connectivity index (χ0) is 12.5. The van der Waals surface area contributed by atoms with Gasteiger partial charge in [-0.25, -0.2) is 13.4 Å². The van der Waals surface area contributed by atoms with Gasteiger partial charge < -0.3 is 5.32 Å². The van der Waals surface area contributed by atoms with Crippen LogP contribution in [0.25, 0.3) is 0 Å². The highest BCUT2D eigenvalue weighted by Crippen LogP contribution is 2.33. The normalized spacial score (nSPS) is 16.2. The van der Waals surface area contributed by atoms with Gasteiger partial charge in [-0.2, -0.15) is 4.31 Å². The molecule has 0 bridgehead atoms. The van der Waals surface area contributed by atoms with Gasteiger partial charge in [0.05, 0.1) is 0 Å². The third-order valence-electron chi connectivity index (χ3n) is 2.86. The van der Waals surface area contributed by atoms with Crippen molar-refractivity contribution in [2.24, 2.45) is 0 Å². The topological polar surface area (TPSA) is 62.3 Å². The molecule has 5 nitrogen and oxygen atoms in total. The van der Waals surface area contributed by atoms with Gasteiger partial charge in [0.15, 0.2) is 0 Å².